The number of hydrogen-bond donors (Lipinski definition) is 1. The summed E-state index contributed by atoms with van der Waals surface area (Å²) in [4.78, 5) is 30.9. The number of likely N-dealkylation sites (tertiary alicyclic amines) is 1. The van der Waals surface area contributed by atoms with Crippen molar-refractivity contribution < 1.29 is 9.59 Å². The van der Waals surface area contributed by atoms with Gasteiger partial charge in [0.1, 0.15) is 0 Å². The van der Waals surface area contributed by atoms with E-state index in [9.17, 15) is 9.59 Å². The van der Waals surface area contributed by atoms with Crippen LogP contribution in [-0.4, -0.2) is 72.2 Å². The normalized spacial score (nSPS) is 23.9. The van der Waals surface area contributed by atoms with Crippen LogP contribution in [0.4, 0.5) is 10.3 Å². The van der Waals surface area contributed by atoms with Gasteiger partial charge in [-0.2, -0.15) is 0 Å². The lowest BCUT2D eigenvalue weighted by Gasteiger charge is -2.33. The lowest BCUT2D eigenvalue weighted by Crippen LogP contribution is -2.42. The van der Waals surface area contributed by atoms with Crippen molar-refractivity contribution in [2.45, 2.75) is 64.3 Å². The third kappa shape index (κ3) is 5.11. The molecule has 0 bridgehead atoms. The number of nitrogens with one attached hydrogen (secondary N) is 1. The summed E-state index contributed by atoms with van der Waals surface area (Å²) >= 11 is 1.48. The first-order valence-electron chi connectivity index (χ1n) is 11.5. The smallest absolute Gasteiger partial charge is 0.228 e. The second kappa shape index (κ2) is 10.0. The lowest BCUT2D eigenvalue weighted by atomic mass is 9.96. The van der Waals surface area contributed by atoms with Crippen molar-refractivity contribution in [1.29, 1.82) is 0 Å². The Kier molecular flexibility index (Phi) is 7.20. The van der Waals surface area contributed by atoms with Crippen LogP contribution in [0.1, 0.15) is 58.3 Å². The summed E-state index contributed by atoms with van der Waals surface area (Å²) in [6, 6.07) is 0.684. The molecule has 1 atom stereocenters. The number of carbonyl (C=O) groups is 2. The Morgan fingerprint density at radius 2 is 1.87 bits per heavy atom. The van der Waals surface area contributed by atoms with Crippen molar-refractivity contribution in [3.63, 3.8) is 0 Å². The third-order valence-electron chi connectivity index (χ3n) is 6.71. The van der Waals surface area contributed by atoms with Gasteiger partial charge in [0.05, 0.1) is 0 Å². The number of nitrogens with zero attached hydrogens (tertiary/aromatic N) is 5. The average Bonchev–Trinajstić information content (AvgIpc) is 3.41. The minimum atomic E-state index is 0.0858. The second-order valence-electron chi connectivity index (χ2n) is 8.80. The molecule has 0 saturated carbocycles. The minimum Gasteiger partial charge on any atom is -0.356 e. The van der Waals surface area contributed by atoms with E-state index in [2.05, 4.69) is 32.2 Å². The molecule has 1 aromatic rings. The molecule has 166 valence electrons. The summed E-state index contributed by atoms with van der Waals surface area (Å²) in [5, 5.41) is 13.2. The van der Waals surface area contributed by atoms with Crippen LogP contribution >= 0.6 is 11.3 Å². The Labute approximate surface area is 183 Å². The molecule has 0 radical (unpaired) electrons. The fraction of sp³-hybridized carbons (Fsp3) is 0.810. The van der Waals surface area contributed by atoms with E-state index in [1.165, 1.54) is 37.1 Å². The Bertz CT molecular complexity index is 733. The fourth-order valence-corrected chi connectivity index (χ4v) is 5.70. The van der Waals surface area contributed by atoms with Gasteiger partial charge in [0.15, 0.2) is 0 Å². The van der Waals surface area contributed by atoms with Gasteiger partial charge < -0.3 is 15.1 Å². The number of rotatable bonds is 7. The summed E-state index contributed by atoms with van der Waals surface area (Å²) in [6.45, 7) is 7.73. The van der Waals surface area contributed by atoms with Crippen molar-refractivity contribution >= 4 is 33.4 Å². The molecule has 0 spiro atoms. The van der Waals surface area contributed by atoms with E-state index in [4.69, 9.17) is 0 Å². The Morgan fingerprint density at radius 1 is 1.07 bits per heavy atom. The maximum Gasteiger partial charge on any atom is 0.228 e. The first kappa shape index (κ1) is 21.5. The molecule has 4 rings (SSSR count). The van der Waals surface area contributed by atoms with Crippen LogP contribution in [0.3, 0.4) is 0 Å². The lowest BCUT2D eigenvalue weighted by molar-refractivity contribution is -0.125. The van der Waals surface area contributed by atoms with Gasteiger partial charge >= 0.3 is 0 Å². The molecule has 0 aromatic carbocycles. The van der Waals surface area contributed by atoms with Crippen LogP contribution < -0.4 is 15.1 Å². The molecule has 2 amide bonds. The van der Waals surface area contributed by atoms with E-state index >= 15 is 0 Å². The van der Waals surface area contributed by atoms with Gasteiger partial charge in [-0.05, 0) is 52.0 Å². The molecule has 0 aliphatic carbocycles. The van der Waals surface area contributed by atoms with Gasteiger partial charge in [0.2, 0.25) is 22.1 Å². The molecule has 9 heteroatoms. The summed E-state index contributed by atoms with van der Waals surface area (Å²) < 4.78 is 0. The number of carbonyl (C=O) groups excluding carboxylic acids is 2. The summed E-state index contributed by atoms with van der Waals surface area (Å²) in [7, 11) is 0. The zero-order chi connectivity index (χ0) is 20.9. The summed E-state index contributed by atoms with van der Waals surface area (Å²) in [5.41, 5.74) is 0. The topological polar surface area (TPSA) is 81.7 Å². The van der Waals surface area contributed by atoms with Gasteiger partial charge in [-0.1, -0.05) is 17.8 Å². The molecule has 3 aliphatic rings. The molecule has 30 heavy (non-hydrogen) atoms. The van der Waals surface area contributed by atoms with Gasteiger partial charge in [0.25, 0.3) is 0 Å². The van der Waals surface area contributed by atoms with E-state index in [0.717, 1.165) is 63.5 Å². The standard InChI is InChI=1S/C21H34N6O2S/c1-16-6-2-3-11-25(16)12-5-10-22-19(29)17-8-14-26(15-9-17)20-23-24-21(30-20)27-13-4-7-18(27)28/h16-17H,2-15H2,1H3,(H,22,29). The molecule has 3 saturated heterocycles. The molecular formula is C21H34N6O2S. The molecule has 3 fully saturated rings. The van der Waals surface area contributed by atoms with Crippen molar-refractivity contribution in [3.05, 3.63) is 0 Å². The number of amides is 2. The highest BCUT2D eigenvalue weighted by atomic mass is 32.1. The first-order valence-corrected chi connectivity index (χ1v) is 12.3. The zero-order valence-electron chi connectivity index (χ0n) is 18.0. The van der Waals surface area contributed by atoms with Crippen molar-refractivity contribution in [3.8, 4) is 0 Å². The molecule has 3 aliphatic heterocycles. The fourth-order valence-electron chi connectivity index (χ4n) is 4.76. The van der Waals surface area contributed by atoms with Crippen molar-refractivity contribution in [2.75, 3.05) is 49.1 Å². The highest BCUT2D eigenvalue weighted by molar-refractivity contribution is 7.19. The SMILES string of the molecule is CC1CCCCN1CCCNC(=O)C1CCN(c2nnc(N3CCCC3=O)s2)CC1. The van der Waals surface area contributed by atoms with Gasteiger partial charge in [0, 0.05) is 51.1 Å². The van der Waals surface area contributed by atoms with Crippen LogP contribution in [0, 0.1) is 5.92 Å². The number of hydrogen-bond acceptors (Lipinski definition) is 7. The zero-order valence-corrected chi connectivity index (χ0v) is 18.8. The molecule has 8 nitrogen and oxygen atoms in total. The highest BCUT2D eigenvalue weighted by Gasteiger charge is 2.29. The van der Waals surface area contributed by atoms with E-state index in [0.29, 0.717) is 17.6 Å². The Hall–Kier alpha value is -1.74. The van der Waals surface area contributed by atoms with Crippen molar-refractivity contribution in [2.24, 2.45) is 5.92 Å². The minimum absolute atomic E-state index is 0.0858. The van der Waals surface area contributed by atoms with E-state index in [1.807, 2.05) is 0 Å². The van der Waals surface area contributed by atoms with E-state index in [-0.39, 0.29) is 17.7 Å². The first-order chi connectivity index (χ1) is 14.6. The average molecular weight is 435 g/mol. The maximum absolute atomic E-state index is 12.6. The molecule has 1 aromatic heterocycles. The quantitative estimate of drug-likeness (QED) is 0.663. The van der Waals surface area contributed by atoms with Crippen LogP contribution in [0.25, 0.3) is 0 Å². The van der Waals surface area contributed by atoms with Crippen LogP contribution in [-0.2, 0) is 9.59 Å². The molecule has 1 N–H and O–H groups in total. The monoisotopic (exact) mass is 434 g/mol. The third-order valence-corrected chi connectivity index (χ3v) is 7.71. The number of piperidine rings is 2. The number of aromatic nitrogens is 2. The predicted molar refractivity (Wildman–Crippen MR) is 119 cm³/mol. The van der Waals surface area contributed by atoms with Gasteiger partial charge in [-0.3, -0.25) is 14.5 Å². The largest absolute Gasteiger partial charge is 0.356 e. The molecule has 4 heterocycles. The summed E-state index contributed by atoms with van der Waals surface area (Å²) in [6.07, 6.45) is 8.16. The maximum atomic E-state index is 12.6. The second-order valence-corrected chi connectivity index (χ2v) is 9.74. The Morgan fingerprint density at radius 3 is 2.60 bits per heavy atom. The van der Waals surface area contributed by atoms with Crippen LogP contribution in [0.2, 0.25) is 0 Å². The highest BCUT2D eigenvalue weighted by Crippen LogP contribution is 2.32. The van der Waals surface area contributed by atoms with Crippen molar-refractivity contribution in [1.82, 2.24) is 20.4 Å². The molecule has 1 unspecified atom stereocenters. The molecular weight excluding hydrogens is 400 g/mol. The van der Waals surface area contributed by atoms with Crippen LogP contribution in [0.15, 0.2) is 0 Å². The van der Waals surface area contributed by atoms with Gasteiger partial charge in [-0.15, -0.1) is 10.2 Å². The van der Waals surface area contributed by atoms with Crippen LogP contribution in [0.5, 0.6) is 0 Å². The van der Waals surface area contributed by atoms with Gasteiger partial charge in [-0.25, -0.2) is 0 Å². The number of anilines is 2. The predicted octanol–water partition coefficient (Wildman–Crippen LogP) is 2.26. The summed E-state index contributed by atoms with van der Waals surface area (Å²) in [5.74, 6) is 0.424. The van der Waals surface area contributed by atoms with E-state index in [1.54, 1.807) is 4.90 Å². The van der Waals surface area contributed by atoms with E-state index < -0.39 is 0 Å². The Balaban J connectivity index is 1.17.